The van der Waals surface area contributed by atoms with E-state index in [9.17, 15) is 18.0 Å². The van der Waals surface area contributed by atoms with Crippen LogP contribution in [0.5, 0.6) is 0 Å². The molecule has 0 aliphatic heterocycles. The van der Waals surface area contributed by atoms with E-state index in [-0.39, 0.29) is 5.56 Å². The number of carbonyl (C=O) groups is 1. The first-order valence-corrected chi connectivity index (χ1v) is 11.8. The maximum Gasteiger partial charge on any atom is 0.490 e. The number of carboxylic acids is 1. The van der Waals surface area contributed by atoms with Gasteiger partial charge in [0.2, 0.25) is 0 Å². The lowest BCUT2D eigenvalue weighted by atomic mass is 10.0. The first-order chi connectivity index (χ1) is 18.2. The molecule has 4 N–H and O–H groups in total. The second kappa shape index (κ2) is 11.3. The second-order valence-electron chi connectivity index (χ2n) is 8.63. The quantitative estimate of drug-likeness (QED) is 0.287. The lowest BCUT2D eigenvalue weighted by Crippen LogP contribution is -2.21. The number of fused-ring (bicyclic) bond motifs is 2. The number of carboxylic acid groups (broad SMARTS) is 1. The third-order valence-electron chi connectivity index (χ3n) is 5.90. The molecule has 0 radical (unpaired) electrons. The summed E-state index contributed by atoms with van der Waals surface area (Å²) in [6.45, 7) is 1.44. The molecule has 0 unspecified atom stereocenters. The Bertz CT molecular complexity index is 1630. The van der Waals surface area contributed by atoms with Crippen molar-refractivity contribution in [3.05, 3.63) is 100 Å². The van der Waals surface area contributed by atoms with Gasteiger partial charge in [-0.3, -0.25) is 4.79 Å². The van der Waals surface area contributed by atoms with Crippen molar-refractivity contribution in [1.82, 2.24) is 14.5 Å². The number of aromatic amines is 1. The molecular weight excluding hydrogens is 497 g/mol. The van der Waals surface area contributed by atoms with Crippen LogP contribution in [0.1, 0.15) is 17.5 Å². The second-order valence-corrected chi connectivity index (χ2v) is 8.63. The minimum atomic E-state index is -5.08. The smallest absolute Gasteiger partial charge is 0.475 e. The van der Waals surface area contributed by atoms with Crippen LogP contribution in [0.4, 0.5) is 13.2 Å². The molecule has 0 bridgehead atoms. The molecule has 0 fully saturated rings. The van der Waals surface area contributed by atoms with Crippen LogP contribution >= 0.6 is 0 Å². The van der Waals surface area contributed by atoms with Gasteiger partial charge >= 0.3 is 12.1 Å². The summed E-state index contributed by atoms with van der Waals surface area (Å²) >= 11 is 0. The minimum Gasteiger partial charge on any atom is -0.475 e. The molecule has 2 heterocycles. The number of hydrogen-bond acceptors (Lipinski definition) is 4. The van der Waals surface area contributed by atoms with Gasteiger partial charge in [0, 0.05) is 29.2 Å². The topological polar surface area (TPSA) is 114 Å². The summed E-state index contributed by atoms with van der Waals surface area (Å²) in [7, 11) is 0. The summed E-state index contributed by atoms with van der Waals surface area (Å²) in [4.78, 5) is 29.7. The van der Waals surface area contributed by atoms with Gasteiger partial charge in [-0.05, 0) is 48.7 Å². The molecule has 0 saturated heterocycles. The van der Waals surface area contributed by atoms with Crippen molar-refractivity contribution in [1.29, 1.82) is 0 Å². The van der Waals surface area contributed by atoms with Crippen LogP contribution in [-0.2, 0) is 17.8 Å². The van der Waals surface area contributed by atoms with Crippen LogP contribution in [0.25, 0.3) is 33.2 Å². The highest BCUT2D eigenvalue weighted by molar-refractivity contribution is 5.95. The monoisotopic (exact) mass is 522 g/mol. The van der Waals surface area contributed by atoms with Gasteiger partial charge in [-0.25, -0.2) is 9.78 Å². The lowest BCUT2D eigenvalue weighted by Gasteiger charge is -2.06. The summed E-state index contributed by atoms with van der Waals surface area (Å²) in [5.74, 6) is -2.76. The van der Waals surface area contributed by atoms with Gasteiger partial charge in [0.05, 0.1) is 11.0 Å². The molecule has 196 valence electrons. The summed E-state index contributed by atoms with van der Waals surface area (Å²) in [6, 6.07) is 24.5. The molecule has 0 aliphatic carbocycles. The molecular formula is C28H25F3N4O3. The van der Waals surface area contributed by atoms with Crippen LogP contribution in [0.2, 0.25) is 0 Å². The van der Waals surface area contributed by atoms with Crippen LogP contribution in [0.3, 0.4) is 0 Å². The number of nitrogens with one attached hydrogen (secondary N) is 1. The number of aromatic nitrogens is 3. The Morgan fingerprint density at radius 1 is 1.00 bits per heavy atom. The third-order valence-corrected chi connectivity index (χ3v) is 5.90. The van der Waals surface area contributed by atoms with Crippen LogP contribution in [-0.4, -0.2) is 38.3 Å². The van der Waals surface area contributed by atoms with E-state index in [1.54, 1.807) is 0 Å². The van der Waals surface area contributed by atoms with E-state index < -0.39 is 12.1 Å². The van der Waals surface area contributed by atoms with Crippen LogP contribution in [0, 0.1) is 0 Å². The van der Waals surface area contributed by atoms with Crippen LogP contribution < -0.4 is 11.3 Å². The fraction of sp³-hybridized carbons (Fsp3) is 0.179. The number of aliphatic carboxylic acids is 1. The predicted octanol–water partition coefficient (Wildman–Crippen LogP) is 5.12. The van der Waals surface area contributed by atoms with Gasteiger partial charge in [-0.15, -0.1) is 0 Å². The zero-order valence-electron chi connectivity index (χ0n) is 20.2. The maximum atomic E-state index is 12.9. The number of para-hydroxylation sites is 1. The number of rotatable bonds is 6. The average molecular weight is 523 g/mol. The van der Waals surface area contributed by atoms with E-state index in [2.05, 4.69) is 33.8 Å². The normalized spacial score (nSPS) is 11.4. The Morgan fingerprint density at radius 3 is 2.37 bits per heavy atom. The van der Waals surface area contributed by atoms with Crippen molar-refractivity contribution in [2.24, 2.45) is 5.73 Å². The molecule has 2 aromatic heterocycles. The number of halogens is 3. The Kier molecular flexibility index (Phi) is 7.92. The van der Waals surface area contributed by atoms with Gasteiger partial charge in [-0.2, -0.15) is 13.2 Å². The van der Waals surface area contributed by atoms with E-state index in [0.29, 0.717) is 12.2 Å². The molecule has 0 atom stereocenters. The molecule has 0 spiro atoms. The number of nitrogens with two attached hydrogens (primary N) is 1. The van der Waals surface area contributed by atoms with Crippen molar-refractivity contribution >= 4 is 27.9 Å². The molecule has 3 aromatic carbocycles. The number of aryl methyl sites for hydroxylation is 1. The number of hydrogen-bond donors (Lipinski definition) is 3. The molecule has 5 aromatic rings. The van der Waals surface area contributed by atoms with E-state index in [1.165, 1.54) is 5.56 Å². The van der Waals surface area contributed by atoms with Gasteiger partial charge in [-0.1, -0.05) is 54.6 Å². The van der Waals surface area contributed by atoms with Gasteiger partial charge in [0.1, 0.15) is 5.69 Å². The first-order valence-electron chi connectivity index (χ1n) is 11.8. The lowest BCUT2D eigenvalue weighted by molar-refractivity contribution is -0.192. The van der Waals surface area contributed by atoms with Gasteiger partial charge < -0.3 is 20.4 Å². The molecule has 0 saturated carbocycles. The number of nitrogens with zero attached hydrogens (tertiary/aromatic N) is 2. The van der Waals surface area contributed by atoms with E-state index in [4.69, 9.17) is 20.6 Å². The predicted molar refractivity (Wildman–Crippen MR) is 140 cm³/mol. The van der Waals surface area contributed by atoms with Crippen LogP contribution in [0.15, 0.2) is 83.8 Å². The third kappa shape index (κ3) is 6.09. The molecule has 5 rings (SSSR count). The highest BCUT2D eigenvalue weighted by Crippen LogP contribution is 2.29. The number of benzene rings is 3. The fourth-order valence-corrected chi connectivity index (χ4v) is 4.13. The van der Waals surface area contributed by atoms with E-state index in [1.807, 2.05) is 54.7 Å². The van der Waals surface area contributed by atoms with E-state index >= 15 is 0 Å². The van der Waals surface area contributed by atoms with Crippen molar-refractivity contribution < 1.29 is 23.1 Å². The average Bonchev–Trinajstić information content (AvgIpc) is 3.26. The number of H-pyrrole nitrogens is 1. The highest BCUT2D eigenvalue weighted by atomic mass is 19.4. The maximum absolute atomic E-state index is 12.9. The first kappa shape index (κ1) is 26.6. The Labute approximate surface area is 215 Å². The van der Waals surface area contributed by atoms with Crippen molar-refractivity contribution in [3.8, 4) is 11.3 Å². The Morgan fingerprint density at radius 2 is 1.68 bits per heavy atom. The fourth-order valence-electron chi connectivity index (χ4n) is 4.13. The number of alkyl halides is 3. The largest absolute Gasteiger partial charge is 0.490 e. The zero-order chi connectivity index (χ0) is 27.3. The van der Waals surface area contributed by atoms with E-state index in [0.717, 1.165) is 52.4 Å². The standard InChI is InChI=1S/C26H24N4O.C2HF3O2/c27-13-6-14-30-17-21(20-9-4-5-10-24(20)30)25-26(31)29-22-12-11-19(16-23(22)28-25)15-18-7-2-1-3-8-18;3-2(4,5)1(6)7/h1-5,7-12,16-17H,6,13-15,27H2,(H,29,31);(H,6,7). The van der Waals surface area contributed by atoms with Crippen molar-refractivity contribution in [3.63, 3.8) is 0 Å². The summed E-state index contributed by atoms with van der Waals surface area (Å²) in [5, 5.41) is 8.15. The van der Waals surface area contributed by atoms with Crippen molar-refractivity contribution in [2.75, 3.05) is 6.54 Å². The Hall–Kier alpha value is -4.44. The molecule has 38 heavy (non-hydrogen) atoms. The summed E-state index contributed by atoms with van der Waals surface area (Å²) < 4.78 is 33.9. The van der Waals surface area contributed by atoms with Gasteiger partial charge in [0.15, 0.2) is 0 Å². The summed E-state index contributed by atoms with van der Waals surface area (Å²) in [6.07, 6.45) is -1.36. The molecule has 10 heteroatoms. The van der Waals surface area contributed by atoms with Gasteiger partial charge in [0.25, 0.3) is 5.56 Å². The molecule has 0 amide bonds. The molecule has 0 aliphatic rings. The SMILES string of the molecule is NCCCn1cc(-c2nc3cc(Cc4ccccc4)ccc3[nH]c2=O)c2ccccc21.O=C(O)C(F)(F)F. The minimum absolute atomic E-state index is 0.176. The highest BCUT2D eigenvalue weighted by Gasteiger charge is 2.38. The zero-order valence-corrected chi connectivity index (χ0v) is 20.2. The van der Waals surface area contributed by atoms with Crippen molar-refractivity contribution in [2.45, 2.75) is 25.6 Å². The summed E-state index contributed by atoms with van der Waals surface area (Å²) in [5.41, 5.74) is 11.9. The molecule has 7 nitrogen and oxygen atoms in total. The Balaban J connectivity index is 0.000000426.